The minimum absolute atomic E-state index is 0.201. The van der Waals surface area contributed by atoms with Crippen molar-refractivity contribution in [2.45, 2.75) is 13.2 Å². The lowest BCUT2D eigenvalue weighted by molar-refractivity contribution is -0.139. The first-order valence-corrected chi connectivity index (χ1v) is 3.32. The summed E-state index contributed by atoms with van der Waals surface area (Å²) in [6.07, 6.45) is 0.414. The van der Waals surface area contributed by atoms with Crippen LogP contribution in [0.4, 0.5) is 0 Å². The molecule has 0 aromatic carbocycles. The van der Waals surface area contributed by atoms with Gasteiger partial charge < -0.3 is 15.3 Å². The number of carbonyl (C=O) groups is 1. The predicted molar refractivity (Wildman–Crippen MR) is 37.0 cm³/mol. The van der Waals surface area contributed by atoms with Crippen LogP contribution in [-0.2, 0) is 9.53 Å². The molecule has 0 saturated carbocycles. The first-order valence-electron chi connectivity index (χ1n) is 3.32. The van der Waals surface area contributed by atoms with Gasteiger partial charge in [-0.25, -0.2) is 10.2 Å². The van der Waals surface area contributed by atoms with Gasteiger partial charge in [0.1, 0.15) is 0 Å². The quantitative estimate of drug-likeness (QED) is 0.443. The number of esters is 1. The molecule has 0 spiro atoms. The number of carbonyl (C=O) groups excluding carboxylic acids is 1. The maximum atomic E-state index is 10.9. The fraction of sp³-hybridized carbons (Fsp3) is 0.500. The Hall–Kier alpha value is -1.07. The Balaban J connectivity index is 2.52. The molecule has 62 valence electrons. The van der Waals surface area contributed by atoms with Crippen LogP contribution >= 0.6 is 0 Å². The van der Waals surface area contributed by atoms with Gasteiger partial charge in [0.15, 0.2) is 6.23 Å². The summed E-state index contributed by atoms with van der Waals surface area (Å²) in [4.78, 5) is 10.9. The number of nitrogens with one attached hydrogen (secondary N) is 2. The summed E-state index contributed by atoms with van der Waals surface area (Å²) >= 11 is 0. The zero-order valence-electron chi connectivity index (χ0n) is 6.13. The van der Waals surface area contributed by atoms with Crippen LogP contribution in [0, 0.1) is 0 Å². The maximum Gasteiger partial charge on any atom is 0.339 e. The zero-order chi connectivity index (χ0) is 8.27. The van der Waals surface area contributed by atoms with Crippen molar-refractivity contribution in [2.24, 2.45) is 0 Å². The molecule has 5 nitrogen and oxygen atoms in total. The van der Waals surface area contributed by atoms with Crippen LogP contribution in [0.2, 0.25) is 0 Å². The normalized spacial score (nSPS) is 22.4. The Labute approximate surface area is 64.0 Å². The fourth-order valence-electron chi connectivity index (χ4n) is 0.740. The topological polar surface area (TPSA) is 70.6 Å². The van der Waals surface area contributed by atoms with Crippen molar-refractivity contribution in [3.8, 4) is 0 Å². The Morgan fingerprint density at radius 1 is 1.91 bits per heavy atom. The molecule has 0 bridgehead atoms. The van der Waals surface area contributed by atoms with Gasteiger partial charge in [0, 0.05) is 6.20 Å². The molecule has 0 aromatic heterocycles. The van der Waals surface area contributed by atoms with Crippen molar-refractivity contribution in [3.63, 3.8) is 0 Å². The second-order valence-electron chi connectivity index (χ2n) is 2.01. The molecule has 11 heavy (non-hydrogen) atoms. The number of rotatable bonds is 2. The number of hydrogen-bond acceptors (Lipinski definition) is 5. The maximum absolute atomic E-state index is 10.9. The average Bonchev–Trinajstić information content (AvgIpc) is 2.36. The number of aliphatic hydroxyl groups is 1. The lowest BCUT2D eigenvalue weighted by Crippen LogP contribution is -2.33. The Morgan fingerprint density at radius 3 is 3.09 bits per heavy atom. The molecule has 1 unspecified atom stereocenters. The van der Waals surface area contributed by atoms with Gasteiger partial charge in [-0.3, -0.25) is 0 Å². The van der Waals surface area contributed by atoms with E-state index < -0.39 is 12.2 Å². The molecule has 0 fully saturated rings. The molecule has 1 rings (SSSR count). The van der Waals surface area contributed by atoms with E-state index in [1.165, 1.54) is 6.20 Å². The van der Waals surface area contributed by atoms with Crippen molar-refractivity contribution in [1.82, 2.24) is 10.9 Å². The molecule has 0 amide bonds. The molecule has 0 saturated heterocycles. The van der Waals surface area contributed by atoms with Crippen LogP contribution < -0.4 is 10.9 Å². The average molecular weight is 158 g/mol. The van der Waals surface area contributed by atoms with Crippen molar-refractivity contribution < 1.29 is 14.6 Å². The van der Waals surface area contributed by atoms with Crippen molar-refractivity contribution in [3.05, 3.63) is 11.8 Å². The lowest BCUT2D eigenvalue weighted by atomic mass is 10.3. The fourth-order valence-corrected chi connectivity index (χ4v) is 0.740. The zero-order valence-corrected chi connectivity index (χ0v) is 6.13. The van der Waals surface area contributed by atoms with Crippen molar-refractivity contribution in [2.75, 3.05) is 6.61 Å². The van der Waals surface area contributed by atoms with E-state index in [-0.39, 0.29) is 5.57 Å². The second-order valence-corrected chi connectivity index (χ2v) is 2.01. The van der Waals surface area contributed by atoms with Gasteiger partial charge in [0.05, 0.1) is 12.2 Å². The lowest BCUT2D eigenvalue weighted by Gasteiger charge is -2.05. The van der Waals surface area contributed by atoms with Gasteiger partial charge in [-0.15, -0.1) is 0 Å². The van der Waals surface area contributed by atoms with Crippen LogP contribution in [0.3, 0.4) is 0 Å². The van der Waals surface area contributed by atoms with Gasteiger partial charge in [-0.2, -0.15) is 0 Å². The van der Waals surface area contributed by atoms with Crippen LogP contribution in [-0.4, -0.2) is 23.9 Å². The molecule has 1 aliphatic heterocycles. The summed E-state index contributed by atoms with van der Waals surface area (Å²) in [6, 6.07) is 0. The third-order valence-electron chi connectivity index (χ3n) is 1.25. The van der Waals surface area contributed by atoms with E-state index >= 15 is 0 Å². The van der Waals surface area contributed by atoms with Crippen molar-refractivity contribution in [1.29, 1.82) is 0 Å². The monoisotopic (exact) mass is 158 g/mol. The summed E-state index contributed by atoms with van der Waals surface area (Å²) in [7, 11) is 0. The number of aliphatic hydroxyl groups excluding tert-OH is 1. The van der Waals surface area contributed by atoms with Gasteiger partial charge in [0.2, 0.25) is 0 Å². The van der Waals surface area contributed by atoms with E-state index in [9.17, 15) is 4.79 Å². The summed E-state index contributed by atoms with van der Waals surface area (Å²) in [6.45, 7) is 2.02. The summed E-state index contributed by atoms with van der Waals surface area (Å²) in [5.74, 6) is -0.502. The van der Waals surface area contributed by atoms with E-state index in [2.05, 4.69) is 15.6 Å². The highest BCUT2D eigenvalue weighted by atomic mass is 16.5. The molecule has 0 aromatic rings. The van der Waals surface area contributed by atoms with Gasteiger partial charge in [-0.05, 0) is 6.92 Å². The summed E-state index contributed by atoms with van der Waals surface area (Å²) < 4.78 is 4.65. The largest absolute Gasteiger partial charge is 0.462 e. The number of hydrogen-bond donors (Lipinski definition) is 3. The van der Waals surface area contributed by atoms with Crippen LogP contribution in [0.5, 0.6) is 0 Å². The van der Waals surface area contributed by atoms with Gasteiger partial charge >= 0.3 is 5.97 Å². The highest BCUT2D eigenvalue weighted by Gasteiger charge is 2.23. The van der Waals surface area contributed by atoms with E-state index in [0.717, 1.165) is 0 Å². The minimum atomic E-state index is -0.964. The second kappa shape index (κ2) is 3.36. The Morgan fingerprint density at radius 2 is 2.64 bits per heavy atom. The SMILES string of the molecule is CCOC(=O)C1=CNNC1O. The van der Waals surface area contributed by atoms with Crippen molar-refractivity contribution >= 4 is 5.97 Å². The molecule has 0 radical (unpaired) electrons. The third kappa shape index (κ3) is 1.69. The molecular formula is C6H10N2O3. The Bertz CT molecular complexity index is 190. The smallest absolute Gasteiger partial charge is 0.339 e. The van der Waals surface area contributed by atoms with Crippen LogP contribution in [0.25, 0.3) is 0 Å². The highest BCUT2D eigenvalue weighted by molar-refractivity contribution is 5.89. The van der Waals surface area contributed by atoms with E-state index in [4.69, 9.17) is 5.11 Å². The first-order chi connectivity index (χ1) is 5.25. The van der Waals surface area contributed by atoms with E-state index in [0.29, 0.717) is 6.61 Å². The number of hydrazine groups is 1. The molecule has 0 aliphatic carbocycles. The number of ether oxygens (including phenoxy) is 1. The van der Waals surface area contributed by atoms with E-state index in [1.807, 2.05) is 0 Å². The van der Waals surface area contributed by atoms with Gasteiger partial charge in [-0.1, -0.05) is 0 Å². The van der Waals surface area contributed by atoms with E-state index in [1.54, 1.807) is 6.92 Å². The predicted octanol–water partition coefficient (Wildman–Crippen LogP) is -1.14. The molecule has 3 N–H and O–H groups in total. The minimum Gasteiger partial charge on any atom is -0.462 e. The molecule has 1 aliphatic rings. The molecule has 1 atom stereocenters. The third-order valence-corrected chi connectivity index (χ3v) is 1.25. The summed E-state index contributed by atoms with van der Waals surface area (Å²) in [5.41, 5.74) is 5.12. The summed E-state index contributed by atoms with van der Waals surface area (Å²) in [5, 5.41) is 9.04. The molecule has 1 heterocycles. The molecule has 5 heteroatoms. The van der Waals surface area contributed by atoms with Crippen LogP contribution in [0.15, 0.2) is 11.8 Å². The highest BCUT2D eigenvalue weighted by Crippen LogP contribution is 2.04. The van der Waals surface area contributed by atoms with Crippen LogP contribution in [0.1, 0.15) is 6.92 Å². The first kappa shape index (κ1) is 8.03. The standard InChI is InChI=1S/C6H10N2O3/c1-2-11-6(10)4-3-7-8-5(4)9/h3,5,7-9H,2H2,1H3. The molecular weight excluding hydrogens is 148 g/mol. The Kier molecular flexibility index (Phi) is 2.45. The van der Waals surface area contributed by atoms with Gasteiger partial charge in [0.25, 0.3) is 0 Å².